The molecule has 0 saturated carbocycles. The summed E-state index contributed by atoms with van der Waals surface area (Å²) in [5, 5.41) is 0.842. The molecule has 4 nitrogen and oxygen atoms in total. The number of aromatic nitrogens is 1. The molecule has 5 heteroatoms. The Kier molecular flexibility index (Phi) is 4.86. The smallest absolute Gasteiger partial charge is 0.254 e. The number of carbonyl (C=O) groups is 1. The first-order valence-corrected chi connectivity index (χ1v) is 9.31. The summed E-state index contributed by atoms with van der Waals surface area (Å²) >= 11 is 0. The highest BCUT2D eigenvalue weighted by molar-refractivity contribution is 6.07. The molecule has 0 spiro atoms. The number of nitrogens with zero attached hydrogens (tertiary/aromatic N) is 2. The van der Waals surface area contributed by atoms with Crippen molar-refractivity contribution in [1.82, 2.24) is 9.88 Å². The molecule has 1 aromatic heterocycles. The van der Waals surface area contributed by atoms with Crippen molar-refractivity contribution in [3.05, 3.63) is 66.0 Å². The van der Waals surface area contributed by atoms with Crippen LogP contribution in [0.25, 0.3) is 22.2 Å². The molecule has 27 heavy (non-hydrogen) atoms. The second-order valence-corrected chi connectivity index (χ2v) is 7.05. The number of fused-ring (bicyclic) bond motifs is 1. The van der Waals surface area contributed by atoms with E-state index >= 15 is 0 Å². The van der Waals surface area contributed by atoms with Gasteiger partial charge in [0.25, 0.3) is 5.91 Å². The molecule has 1 amide bonds. The van der Waals surface area contributed by atoms with E-state index in [2.05, 4.69) is 4.98 Å². The highest BCUT2D eigenvalue weighted by Crippen LogP contribution is 2.27. The van der Waals surface area contributed by atoms with Gasteiger partial charge < -0.3 is 10.6 Å². The first kappa shape index (κ1) is 17.6. The molecule has 1 aliphatic rings. The minimum absolute atomic E-state index is 0.0208. The highest BCUT2D eigenvalue weighted by atomic mass is 19.1. The van der Waals surface area contributed by atoms with E-state index in [1.165, 1.54) is 12.1 Å². The van der Waals surface area contributed by atoms with E-state index in [0.717, 1.165) is 42.4 Å². The molecule has 1 saturated heterocycles. The van der Waals surface area contributed by atoms with Crippen molar-refractivity contribution in [3.63, 3.8) is 0 Å². The Morgan fingerprint density at radius 1 is 1.11 bits per heavy atom. The molecule has 138 valence electrons. The minimum Gasteiger partial charge on any atom is -0.339 e. The topological polar surface area (TPSA) is 59.2 Å². The molecule has 2 N–H and O–H groups in total. The van der Waals surface area contributed by atoms with Gasteiger partial charge >= 0.3 is 0 Å². The number of carbonyl (C=O) groups excluding carboxylic acids is 1. The fraction of sp³-hybridized carbons (Fsp3) is 0.273. The van der Waals surface area contributed by atoms with Crippen molar-refractivity contribution in [2.45, 2.75) is 12.8 Å². The fourth-order valence-electron chi connectivity index (χ4n) is 3.66. The van der Waals surface area contributed by atoms with Crippen LogP contribution in [0.1, 0.15) is 23.2 Å². The van der Waals surface area contributed by atoms with E-state index < -0.39 is 0 Å². The predicted octanol–water partition coefficient (Wildman–Crippen LogP) is 3.85. The molecule has 1 fully saturated rings. The maximum atomic E-state index is 13.3. The van der Waals surface area contributed by atoms with E-state index in [1.54, 1.807) is 12.1 Å². The molecule has 0 aliphatic carbocycles. The summed E-state index contributed by atoms with van der Waals surface area (Å²) in [4.78, 5) is 19.8. The van der Waals surface area contributed by atoms with E-state index in [1.807, 2.05) is 35.2 Å². The molecule has 0 atom stereocenters. The first-order valence-electron chi connectivity index (χ1n) is 9.31. The molecule has 0 radical (unpaired) electrons. The number of hydrogen-bond acceptors (Lipinski definition) is 3. The Bertz CT molecular complexity index is 963. The third-order valence-electron chi connectivity index (χ3n) is 5.32. The third kappa shape index (κ3) is 3.55. The number of rotatable bonds is 3. The summed E-state index contributed by atoms with van der Waals surface area (Å²) in [6.45, 7) is 2.13. The van der Waals surface area contributed by atoms with Gasteiger partial charge in [-0.05, 0) is 61.7 Å². The molecular weight excluding hydrogens is 341 g/mol. The maximum Gasteiger partial charge on any atom is 0.254 e. The van der Waals surface area contributed by atoms with Crippen LogP contribution in [0.15, 0.2) is 54.6 Å². The highest BCUT2D eigenvalue weighted by Gasteiger charge is 2.24. The van der Waals surface area contributed by atoms with Crippen molar-refractivity contribution < 1.29 is 9.18 Å². The largest absolute Gasteiger partial charge is 0.339 e. The number of hydrogen-bond donors (Lipinski definition) is 1. The quantitative estimate of drug-likeness (QED) is 0.769. The summed E-state index contributed by atoms with van der Waals surface area (Å²) in [5.74, 6) is 0.226. The summed E-state index contributed by atoms with van der Waals surface area (Å²) in [6.07, 6.45) is 1.88. The molecule has 0 unspecified atom stereocenters. The lowest BCUT2D eigenvalue weighted by atomic mass is 9.96. The van der Waals surface area contributed by atoms with Crippen LogP contribution < -0.4 is 5.73 Å². The van der Waals surface area contributed by atoms with Crippen LogP contribution in [-0.4, -0.2) is 35.4 Å². The number of benzene rings is 2. The van der Waals surface area contributed by atoms with E-state index in [9.17, 15) is 9.18 Å². The predicted molar refractivity (Wildman–Crippen MR) is 105 cm³/mol. The Morgan fingerprint density at radius 2 is 1.81 bits per heavy atom. The van der Waals surface area contributed by atoms with Crippen LogP contribution >= 0.6 is 0 Å². The van der Waals surface area contributed by atoms with Crippen molar-refractivity contribution in [1.29, 1.82) is 0 Å². The second kappa shape index (κ2) is 7.45. The van der Waals surface area contributed by atoms with E-state index in [-0.39, 0.29) is 11.7 Å². The number of likely N-dealkylation sites (tertiary alicyclic amines) is 1. The van der Waals surface area contributed by atoms with Crippen LogP contribution in [0.2, 0.25) is 0 Å². The molecule has 2 aromatic carbocycles. The van der Waals surface area contributed by atoms with Crippen molar-refractivity contribution in [2.24, 2.45) is 11.7 Å². The van der Waals surface area contributed by atoms with Gasteiger partial charge in [0.15, 0.2) is 0 Å². The molecule has 3 aromatic rings. The van der Waals surface area contributed by atoms with Crippen molar-refractivity contribution >= 4 is 16.8 Å². The van der Waals surface area contributed by atoms with Gasteiger partial charge in [0, 0.05) is 24.0 Å². The standard InChI is InChI=1S/C22H22FN3O/c23-17-7-5-16(6-8-17)21-13-19(18-3-1-2-4-20(18)25-21)22(27)26-11-9-15(14-24)10-12-26/h1-8,13,15H,9-12,14,24H2. The average molecular weight is 363 g/mol. The summed E-state index contributed by atoms with van der Waals surface area (Å²) in [7, 11) is 0. The molecule has 2 heterocycles. The Labute approximate surface area is 157 Å². The number of piperidine rings is 1. The normalized spacial score (nSPS) is 15.3. The minimum atomic E-state index is -0.293. The fourth-order valence-corrected chi connectivity index (χ4v) is 3.66. The SMILES string of the molecule is NCC1CCN(C(=O)c2cc(-c3ccc(F)cc3)nc3ccccc23)CC1. The van der Waals surface area contributed by atoms with Crippen molar-refractivity contribution in [3.8, 4) is 11.3 Å². The number of amides is 1. The monoisotopic (exact) mass is 363 g/mol. The summed E-state index contributed by atoms with van der Waals surface area (Å²) < 4.78 is 13.3. The lowest BCUT2D eigenvalue weighted by Crippen LogP contribution is -2.40. The number of pyridine rings is 1. The number of para-hydroxylation sites is 1. The molecule has 4 rings (SSSR count). The van der Waals surface area contributed by atoms with Crippen molar-refractivity contribution in [2.75, 3.05) is 19.6 Å². The van der Waals surface area contributed by atoms with E-state index in [4.69, 9.17) is 5.73 Å². The number of halogens is 1. The zero-order chi connectivity index (χ0) is 18.8. The van der Waals surface area contributed by atoms with Crippen LogP contribution in [0.4, 0.5) is 4.39 Å². The van der Waals surface area contributed by atoms with Gasteiger partial charge in [-0.3, -0.25) is 4.79 Å². The third-order valence-corrected chi connectivity index (χ3v) is 5.32. The van der Waals surface area contributed by atoms with Crippen LogP contribution in [-0.2, 0) is 0 Å². The van der Waals surface area contributed by atoms with Gasteiger partial charge in [-0.1, -0.05) is 18.2 Å². The average Bonchev–Trinajstić information content (AvgIpc) is 2.73. The van der Waals surface area contributed by atoms with Gasteiger partial charge in [0.05, 0.1) is 16.8 Å². The maximum absolute atomic E-state index is 13.3. The van der Waals surface area contributed by atoms with Gasteiger partial charge in [-0.25, -0.2) is 9.37 Å². The van der Waals surface area contributed by atoms with Crippen LogP contribution in [0.3, 0.4) is 0 Å². The lowest BCUT2D eigenvalue weighted by Gasteiger charge is -2.31. The van der Waals surface area contributed by atoms with Gasteiger partial charge in [0.2, 0.25) is 0 Å². The van der Waals surface area contributed by atoms with E-state index in [0.29, 0.717) is 23.7 Å². The Balaban J connectivity index is 1.74. The zero-order valence-electron chi connectivity index (χ0n) is 15.1. The number of nitrogens with two attached hydrogens (primary N) is 1. The summed E-state index contributed by atoms with van der Waals surface area (Å²) in [6, 6.07) is 15.7. The lowest BCUT2D eigenvalue weighted by molar-refractivity contribution is 0.0695. The Morgan fingerprint density at radius 3 is 2.52 bits per heavy atom. The molecular formula is C22H22FN3O. The molecule has 0 bridgehead atoms. The summed E-state index contributed by atoms with van der Waals surface area (Å²) in [5.41, 5.74) is 8.64. The van der Waals surface area contributed by atoms with Gasteiger partial charge in [-0.15, -0.1) is 0 Å². The zero-order valence-corrected chi connectivity index (χ0v) is 15.1. The van der Waals surface area contributed by atoms with Gasteiger partial charge in [-0.2, -0.15) is 0 Å². The molecule has 1 aliphatic heterocycles. The second-order valence-electron chi connectivity index (χ2n) is 7.05. The first-order chi connectivity index (χ1) is 13.2. The Hall–Kier alpha value is -2.79. The van der Waals surface area contributed by atoms with Gasteiger partial charge in [0.1, 0.15) is 5.82 Å². The van der Waals surface area contributed by atoms with Crippen LogP contribution in [0.5, 0.6) is 0 Å². The van der Waals surface area contributed by atoms with Crippen LogP contribution in [0, 0.1) is 11.7 Å².